The molecular formula is C46H85N3Na2O13P2S. The topological polar surface area (TPSA) is 245 Å². The van der Waals surface area contributed by atoms with Crippen LogP contribution in [0.4, 0.5) is 5.82 Å². The molecule has 4 unspecified atom stereocenters. The van der Waals surface area contributed by atoms with E-state index in [0.717, 1.165) is 48.8 Å². The third kappa shape index (κ3) is 33.9. The average molecular weight is 1030 g/mol. The number of nitrogen functional groups attached to an aromatic ring is 1. The van der Waals surface area contributed by atoms with Gasteiger partial charge in [0.25, 0.3) is 15.6 Å². The second-order valence-corrected chi connectivity index (χ2v) is 21.7. The molecule has 1 aromatic heterocycles. The molecule has 67 heavy (non-hydrogen) atoms. The van der Waals surface area contributed by atoms with Crippen molar-refractivity contribution < 1.29 is 116 Å². The summed E-state index contributed by atoms with van der Waals surface area (Å²) in [5, 5.41) is 20.9. The van der Waals surface area contributed by atoms with Crippen LogP contribution in [-0.4, -0.2) is 74.9 Å². The van der Waals surface area contributed by atoms with E-state index in [1.807, 2.05) is 0 Å². The molecule has 7 atom stereocenters. The summed E-state index contributed by atoms with van der Waals surface area (Å²) in [7, 11) is -11.2. The molecule has 0 amide bonds. The van der Waals surface area contributed by atoms with Crippen molar-refractivity contribution in [3.05, 3.63) is 22.7 Å². The molecule has 2 heterocycles. The molecule has 2 rings (SSSR count). The Morgan fingerprint density at radius 3 is 1.63 bits per heavy atom. The van der Waals surface area contributed by atoms with Crippen LogP contribution in [0.2, 0.25) is 0 Å². The number of aliphatic hydroxyl groups excluding tert-OH is 2. The number of esters is 1. The van der Waals surface area contributed by atoms with E-state index >= 15 is 0 Å². The van der Waals surface area contributed by atoms with Crippen molar-refractivity contribution in [2.24, 2.45) is 0 Å². The molecule has 380 valence electrons. The van der Waals surface area contributed by atoms with E-state index in [0.29, 0.717) is 6.42 Å². The molecule has 0 spiro atoms. The zero-order chi connectivity index (χ0) is 47.6. The Hall–Kier alpha value is 0.640. The fraction of sp³-hybridized carbons (Fsp3) is 0.891. The van der Waals surface area contributed by atoms with Crippen molar-refractivity contribution in [1.82, 2.24) is 9.55 Å². The number of aliphatic hydroxyl groups is 2. The van der Waals surface area contributed by atoms with Crippen LogP contribution in [0, 0.1) is 0 Å². The van der Waals surface area contributed by atoms with E-state index in [1.165, 1.54) is 165 Å². The molecule has 4 N–H and O–H groups in total. The summed E-state index contributed by atoms with van der Waals surface area (Å²) < 4.78 is 51.0. The summed E-state index contributed by atoms with van der Waals surface area (Å²) in [5.41, 5.74) is 4.60. The quantitative estimate of drug-likeness (QED) is 0.0364. The number of nitrogens with two attached hydrogens (primary N) is 1. The van der Waals surface area contributed by atoms with Crippen molar-refractivity contribution in [2.45, 2.75) is 237 Å². The number of aromatic nitrogens is 2. The number of ether oxygens (including phenoxy) is 2. The molecule has 1 fully saturated rings. The zero-order valence-corrected chi connectivity index (χ0v) is 48.3. The minimum Gasteiger partial charge on any atom is -0.756 e. The molecule has 1 aliphatic rings. The van der Waals surface area contributed by atoms with E-state index in [9.17, 15) is 38.7 Å². The summed E-state index contributed by atoms with van der Waals surface area (Å²) >= 11 is 1.50. The fourth-order valence-corrected chi connectivity index (χ4v) is 10.9. The Morgan fingerprint density at radius 1 is 0.731 bits per heavy atom. The van der Waals surface area contributed by atoms with Crippen LogP contribution >= 0.6 is 27.4 Å². The first kappa shape index (κ1) is 67.6. The Kier molecular flexibility index (Phi) is 42.4. The van der Waals surface area contributed by atoms with Gasteiger partial charge in [-0.15, -0.1) is 0 Å². The van der Waals surface area contributed by atoms with Gasteiger partial charge in [0, 0.05) is 18.4 Å². The van der Waals surface area contributed by atoms with Crippen LogP contribution in [0.25, 0.3) is 0 Å². The van der Waals surface area contributed by atoms with Crippen LogP contribution in [0.15, 0.2) is 17.1 Å². The number of carbonyl (C=O) groups excluding carboxylic acids is 1. The Morgan fingerprint density at radius 2 is 1.16 bits per heavy atom. The average Bonchev–Trinajstić information content (AvgIpc) is 3.54. The Labute approximate surface area is 451 Å². The van der Waals surface area contributed by atoms with Gasteiger partial charge in [0.1, 0.15) is 30.2 Å². The number of hydrogen-bond donors (Lipinski definition) is 3. The number of rotatable bonds is 43. The van der Waals surface area contributed by atoms with E-state index in [2.05, 4.69) is 27.7 Å². The van der Waals surface area contributed by atoms with E-state index in [-0.39, 0.29) is 77.1 Å². The van der Waals surface area contributed by atoms with Gasteiger partial charge in [-0.05, 0) is 24.7 Å². The van der Waals surface area contributed by atoms with Crippen LogP contribution < -0.4 is 80.3 Å². The van der Waals surface area contributed by atoms with Gasteiger partial charge in [-0.2, -0.15) is 16.7 Å². The van der Waals surface area contributed by atoms with E-state index in [1.54, 1.807) is 0 Å². The molecule has 0 aromatic carbocycles. The molecule has 1 aliphatic heterocycles. The predicted octanol–water partition coefficient (Wildman–Crippen LogP) is 3.83. The third-order valence-corrected chi connectivity index (χ3v) is 15.4. The first-order valence-corrected chi connectivity index (χ1v) is 29.1. The van der Waals surface area contributed by atoms with Crippen molar-refractivity contribution in [3.8, 4) is 0 Å². The van der Waals surface area contributed by atoms with Crippen molar-refractivity contribution >= 4 is 39.2 Å². The van der Waals surface area contributed by atoms with Gasteiger partial charge in [-0.3, -0.25) is 18.5 Å². The molecule has 1 aromatic rings. The Balaban J connectivity index is 0.0000218. The summed E-state index contributed by atoms with van der Waals surface area (Å²) in [4.78, 5) is 53.9. The minimum atomic E-state index is -5.64. The number of unbranched alkanes of at least 4 members (excludes halogenated alkanes) is 27. The maximum atomic E-state index is 12.9. The monoisotopic (exact) mass is 1030 g/mol. The molecule has 0 aliphatic carbocycles. The maximum Gasteiger partial charge on any atom is 1.00 e. The normalized spacial score (nSPS) is 19.3. The van der Waals surface area contributed by atoms with Gasteiger partial charge in [0.05, 0.1) is 13.2 Å². The summed E-state index contributed by atoms with van der Waals surface area (Å²) in [5.74, 6) is 0.430. The SMILES string of the molecule is CCCCCCCCCCCCCCCCCCSCC(COP(=O)([O-])OP(=O)([O-])OC[C@H]1OC(n2ccc(N)nc2=O)[C@@H](O)[C@@H]1O)OC(=O)CCCCCCCCCCCCCCC.[Na+].[Na+]. The molecule has 0 saturated carbocycles. The van der Waals surface area contributed by atoms with E-state index in [4.69, 9.17) is 19.7 Å². The number of carbonyl (C=O) groups is 1. The van der Waals surface area contributed by atoms with Gasteiger partial charge in [-0.1, -0.05) is 187 Å². The number of hydrogen-bond acceptors (Lipinski definition) is 16. The third-order valence-electron chi connectivity index (χ3n) is 11.7. The van der Waals surface area contributed by atoms with Crippen molar-refractivity contribution in [1.29, 1.82) is 0 Å². The second-order valence-electron chi connectivity index (χ2n) is 17.6. The van der Waals surface area contributed by atoms with Crippen molar-refractivity contribution in [3.63, 3.8) is 0 Å². The van der Waals surface area contributed by atoms with Crippen LogP contribution in [0.5, 0.6) is 0 Å². The second kappa shape index (κ2) is 42.0. The smallest absolute Gasteiger partial charge is 0.756 e. The molecule has 1 saturated heterocycles. The minimum absolute atomic E-state index is 0. The number of phosphoric acid groups is 2. The molecule has 21 heteroatoms. The van der Waals surface area contributed by atoms with E-state index < -0.39 is 71.2 Å². The van der Waals surface area contributed by atoms with Gasteiger partial charge in [0.15, 0.2) is 6.23 Å². The Bertz CT molecular complexity index is 1540. The first-order chi connectivity index (χ1) is 31.3. The van der Waals surface area contributed by atoms with Crippen LogP contribution in [-0.2, 0) is 36.8 Å². The van der Waals surface area contributed by atoms with Gasteiger partial charge >= 0.3 is 70.8 Å². The standard InChI is InChI=1S/C46H87N3O13P2S.2Na/c1-3-5-7-9-11-13-15-17-18-19-21-23-25-27-29-31-35-65-38-39(60-42(50)32-30-28-26-24-22-20-16-14-12-10-8-6-4-2)36-58-63(54,55)62-64(56,57)59-37-40-43(51)44(52)45(61-40)49-34-33-41(47)48-46(49)53;;/h33-34,39-40,43-45,51-52H,3-32,35-38H2,1-2H3,(H,54,55)(H,56,57)(H2,47,48,53);;/q;2*+1/p-2/t39?,40-,43-,44+,45?;;/m1../s1. The number of anilines is 1. The van der Waals surface area contributed by atoms with Crippen molar-refractivity contribution in [2.75, 3.05) is 30.5 Å². The van der Waals surface area contributed by atoms with Gasteiger partial charge in [0.2, 0.25) is 0 Å². The molecule has 0 bridgehead atoms. The molecule has 16 nitrogen and oxygen atoms in total. The fourth-order valence-electron chi connectivity index (χ4n) is 7.84. The summed E-state index contributed by atoms with van der Waals surface area (Å²) in [6.45, 7) is 2.84. The van der Waals surface area contributed by atoms with Crippen LogP contribution in [0.3, 0.4) is 0 Å². The number of thioether (sulfide) groups is 1. The zero-order valence-electron chi connectivity index (χ0n) is 41.7. The molecule has 0 radical (unpaired) electrons. The predicted molar refractivity (Wildman–Crippen MR) is 254 cm³/mol. The first-order valence-electron chi connectivity index (χ1n) is 25.0. The van der Waals surface area contributed by atoms with Gasteiger partial charge < -0.3 is 44.3 Å². The van der Waals surface area contributed by atoms with Gasteiger partial charge in [-0.25, -0.2) is 9.11 Å². The molecular weight excluding hydrogens is 943 g/mol. The largest absolute Gasteiger partial charge is 1.00 e. The number of phosphoric ester groups is 2. The maximum absolute atomic E-state index is 12.9. The summed E-state index contributed by atoms with van der Waals surface area (Å²) in [6.07, 6.45) is 29.4. The van der Waals surface area contributed by atoms with Crippen LogP contribution in [0.1, 0.15) is 213 Å². The summed E-state index contributed by atoms with van der Waals surface area (Å²) in [6, 6.07) is 1.26. The number of nitrogens with zero attached hydrogens (tertiary/aromatic N) is 2.